The average Bonchev–Trinajstić information content (AvgIpc) is 3.08. The molecule has 0 saturated heterocycles. The summed E-state index contributed by atoms with van der Waals surface area (Å²) in [5.74, 6) is 0.475. The second-order valence-corrected chi connectivity index (χ2v) is 6.27. The zero-order chi connectivity index (χ0) is 16.4. The number of aryl methyl sites for hydroxylation is 1. The lowest BCUT2D eigenvalue weighted by molar-refractivity contribution is 0.0933. The Hall–Kier alpha value is -1.95. The summed E-state index contributed by atoms with van der Waals surface area (Å²) >= 11 is 5.92. The molecule has 5 nitrogen and oxygen atoms in total. The molecule has 23 heavy (non-hydrogen) atoms. The highest BCUT2D eigenvalue weighted by atomic mass is 35.5. The monoisotopic (exact) mass is 337 g/mol. The maximum Gasteiger partial charge on any atom is 0.255 e. The van der Waals surface area contributed by atoms with E-state index in [-0.39, 0.29) is 16.6 Å². The van der Waals surface area contributed by atoms with Crippen molar-refractivity contribution in [2.24, 2.45) is 5.92 Å². The minimum atomic E-state index is -0.606. The number of hydrogen-bond acceptors (Lipinski definition) is 4. The second kappa shape index (κ2) is 6.66. The molecule has 0 radical (unpaired) electrons. The summed E-state index contributed by atoms with van der Waals surface area (Å²) in [5, 5.41) is 10.8. The van der Waals surface area contributed by atoms with E-state index in [9.17, 15) is 9.18 Å². The number of nitrogens with one attached hydrogen (secondary N) is 1. The minimum Gasteiger partial charge on any atom is -0.426 e. The van der Waals surface area contributed by atoms with Crippen molar-refractivity contribution in [2.75, 3.05) is 0 Å². The van der Waals surface area contributed by atoms with Crippen LogP contribution in [0.5, 0.6) is 0 Å². The van der Waals surface area contributed by atoms with E-state index in [0.717, 1.165) is 19.3 Å². The molecule has 7 heteroatoms. The van der Waals surface area contributed by atoms with Gasteiger partial charge in [0, 0.05) is 19.4 Å². The number of nitrogens with zero attached hydrogens (tertiary/aromatic N) is 2. The minimum absolute atomic E-state index is 0.00666. The fourth-order valence-corrected chi connectivity index (χ4v) is 3.28. The van der Waals surface area contributed by atoms with Gasteiger partial charge in [-0.2, -0.15) is 0 Å². The van der Waals surface area contributed by atoms with Gasteiger partial charge in [-0.25, -0.2) is 4.39 Å². The summed E-state index contributed by atoms with van der Waals surface area (Å²) in [6, 6.07) is 4.23. The second-order valence-electron chi connectivity index (χ2n) is 5.87. The first kappa shape index (κ1) is 15.9. The Balaban J connectivity index is 1.58. The van der Waals surface area contributed by atoms with Crippen molar-refractivity contribution in [3.05, 3.63) is 46.4 Å². The molecular weight excluding hydrogens is 321 g/mol. The zero-order valence-corrected chi connectivity index (χ0v) is 13.4. The normalized spacial score (nSPS) is 20.7. The molecule has 1 aliphatic rings. The third-order valence-corrected chi connectivity index (χ3v) is 4.41. The highest BCUT2D eigenvalue weighted by Gasteiger charge is 2.28. The van der Waals surface area contributed by atoms with Crippen LogP contribution in [0.3, 0.4) is 0 Å². The largest absolute Gasteiger partial charge is 0.426 e. The molecule has 0 aliphatic heterocycles. The number of halogens is 2. The summed E-state index contributed by atoms with van der Waals surface area (Å²) in [6.45, 7) is 1.76. The first-order valence-electron chi connectivity index (χ1n) is 7.57. The number of hydrogen-bond donors (Lipinski definition) is 1. The molecule has 1 N–H and O–H groups in total. The van der Waals surface area contributed by atoms with Gasteiger partial charge >= 0.3 is 0 Å². The van der Waals surface area contributed by atoms with Crippen molar-refractivity contribution < 1.29 is 13.6 Å². The predicted octanol–water partition coefficient (Wildman–Crippen LogP) is 3.31. The van der Waals surface area contributed by atoms with E-state index in [1.165, 1.54) is 18.2 Å². The van der Waals surface area contributed by atoms with E-state index in [1.54, 1.807) is 6.92 Å². The molecule has 3 rings (SSSR count). The summed E-state index contributed by atoms with van der Waals surface area (Å²) < 4.78 is 19.2. The number of amides is 1. The average molecular weight is 338 g/mol. The lowest BCUT2D eigenvalue weighted by atomic mass is 10.0. The summed E-state index contributed by atoms with van der Waals surface area (Å²) in [4.78, 5) is 12.2. The number of rotatable bonds is 4. The maximum atomic E-state index is 13.8. The quantitative estimate of drug-likeness (QED) is 0.929. The fraction of sp³-hybridized carbons (Fsp3) is 0.438. The van der Waals surface area contributed by atoms with Crippen molar-refractivity contribution in [3.8, 4) is 0 Å². The molecule has 1 fully saturated rings. The van der Waals surface area contributed by atoms with E-state index in [4.69, 9.17) is 16.0 Å². The lowest BCUT2D eigenvalue weighted by Gasteiger charge is -2.14. The molecular formula is C16H17ClFN3O2. The number of carbonyl (C=O) groups excluding carboxylic acids is 1. The Morgan fingerprint density at radius 1 is 1.43 bits per heavy atom. The van der Waals surface area contributed by atoms with Gasteiger partial charge in [0.15, 0.2) is 0 Å². The lowest BCUT2D eigenvalue weighted by Crippen LogP contribution is -2.33. The summed E-state index contributed by atoms with van der Waals surface area (Å²) in [5.41, 5.74) is -0.0925. The Labute approximate surface area is 138 Å². The van der Waals surface area contributed by atoms with Crippen molar-refractivity contribution in [2.45, 2.75) is 38.6 Å². The van der Waals surface area contributed by atoms with Gasteiger partial charge in [-0.15, -0.1) is 10.2 Å². The molecule has 2 aromatic rings. The fourth-order valence-electron chi connectivity index (χ4n) is 3.03. The third kappa shape index (κ3) is 3.69. The van der Waals surface area contributed by atoms with Gasteiger partial charge in [-0.1, -0.05) is 17.7 Å². The first-order chi connectivity index (χ1) is 11.0. The van der Waals surface area contributed by atoms with Crippen molar-refractivity contribution in [1.29, 1.82) is 0 Å². The van der Waals surface area contributed by atoms with Gasteiger partial charge in [0.25, 0.3) is 5.91 Å². The SMILES string of the molecule is Cc1nnc(C[C@@H]2CC[C@H](NC(=O)c3c(F)cccc3Cl)C2)o1. The van der Waals surface area contributed by atoms with E-state index in [1.807, 2.05) is 0 Å². The van der Waals surface area contributed by atoms with E-state index in [2.05, 4.69) is 15.5 Å². The van der Waals surface area contributed by atoms with Crippen LogP contribution >= 0.6 is 11.6 Å². The first-order valence-corrected chi connectivity index (χ1v) is 7.94. The topological polar surface area (TPSA) is 68.0 Å². The molecule has 1 amide bonds. The smallest absolute Gasteiger partial charge is 0.255 e. The van der Waals surface area contributed by atoms with Crippen LogP contribution < -0.4 is 5.32 Å². The van der Waals surface area contributed by atoms with Gasteiger partial charge in [0.1, 0.15) is 5.82 Å². The summed E-state index contributed by atoms with van der Waals surface area (Å²) in [7, 11) is 0. The molecule has 2 atom stereocenters. The summed E-state index contributed by atoms with van der Waals surface area (Å²) in [6.07, 6.45) is 3.31. The molecule has 1 aromatic heterocycles. The van der Waals surface area contributed by atoms with Gasteiger partial charge in [0.2, 0.25) is 11.8 Å². The highest BCUT2D eigenvalue weighted by molar-refractivity contribution is 6.33. The molecule has 1 heterocycles. The number of aromatic nitrogens is 2. The Morgan fingerprint density at radius 3 is 2.96 bits per heavy atom. The van der Waals surface area contributed by atoms with Crippen LogP contribution in [-0.2, 0) is 6.42 Å². The van der Waals surface area contributed by atoms with Gasteiger partial charge in [-0.3, -0.25) is 4.79 Å². The molecule has 0 spiro atoms. The standard InChI is InChI=1S/C16H17ClFN3O2/c1-9-20-21-14(23-9)8-10-5-6-11(7-10)19-16(22)15-12(17)3-2-4-13(15)18/h2-4,10-11H,5-8H2,1H3,(H,19,22)/t10-,11+/m1/s1. The van der Waals surface area contributed by atoms with E-state index >= 15 is 0 Å². The maximum absolute atomic E-state index is 13.8. The third-order valence-electron chi connectivity index (χ3n) is 4.10. The molecule has 1 saturated carbocycles. The van der Waals surface area contributed by atoms with Crippen LogP contribution in [0.1, 0.15) is 41.4 Å². The van der Waals surface area contributed by atoms with Gasteiger partial charge < -0.3 is 9.73 Å². The Kier molecular flexibility index (Phi) is 4.61. The van der Waals surface area contributed by atoms with Crippen LogP contribution in [-0.4, -0.2) is 22.1 Å². The van der Waals surface area contributed by atoms with Crippen LogP contribution in [0.15, 0.2) is 22.6 Å². The van der Waals surface area contributed by atoms with Crippen LogP contribution in [0, 0.1) is 18.7 Å². The van der Waals surface area contributed by atoms with Crippen LogP contribution in [0.2, 0.25) is 5.02 Å². The molecule has 0 unspecified atom stereocenters. The van der Waals surface area contributed by atoms with Gasteiger partial charge in [-0.05, 0) is 37.3 Å². The molecule has 1 aromatic carbocycles. The van der Waals surface area contributed by atoms with E-state index < -0.39 is 11.7 Å². The van der Waals surface area contributed by atoms with E-state index in [0.29, 0.717) is 24.1 Å². The molecule has 0 bridgehead atoms. The van der Waals surface area contributed by atoms with Crippen LogP contribution in [0.4, 0.5) is 4.39 Å². The van der Waals surface area contributed by atoms with Crippen LogP contribution in [0.25, 0.3) is 0 Å². The van der Waals surface area contributed by atoms with Gasteiger partial charge in [0.05, 0.1) is 10.6 Å². The Morgan fingerprint density at radius 2 is 2.26 bits per heavy atom. The molecule has 1 aliphatic carbocycles. The number of carbonyl (C=O) groups is 1. The predicted molar refractivity (Wildman–Crippen MR) is 82.7 cm³/mol. The molecule has 122 valence electrons. The zero-order valence-electron chi connectivity index (χ0n) is 12.7. The Bertz CT molecular complexity index is 699. The van der Waals surface area contributed by atoms with Crippen molar-refractivity contribution >= 4 is 17.5 Å². The van der Waals surface area contributed by atoms with Crippen molar-refractivity contribution in [1.82, 2.24) is 15.5 Å². The highest BCUT2D eigenvalue weighted by Crippen LogP contribution is 2.29. The number of benzene rings is 1. The van der Waals surface area contributed by atoms with Crippen molar-refractivity contribution in [3.63, 3.8) is 0 Å².